The topological polar surface area (TPSA) is 40.5 Å². The number of rotatable bonds is 0. The molecule has 2 nitrogen and oxygen atoms in total. The number of fused-ring (bicyclic) bond motifs is 5. The number of hydrogen-bond donors (Lipinski definition) is 2. The van der Waals surface area contributed by atoms with E-state index < -0.39 is 0 Å². The summed E-state index contributed by atoms with van der Waals surface area (Å²) in [5.74, 6) is 2.27. The first-order valence-corrected chi connectivity index (χ1v) is 9.01. The molecule has 0 aromatic rings. The van der Waals surface area contributed by atoms with Crippen molar-refractivity contribution in [1.29, 1.82) is 0 Å². The van der Waals surface area contributed by atoms with Gasteiger partial charge in [0, 0.05) is 0 Å². The Morgan fingerprint density at radius 3 is 2.62 bits per heavy atom. The lowest BCUT2D eigenvalue weighted by Gasteiger charge is -2.57. The van der Waals surface area contributed by atoms with Gasteiger partial charge in [0.15, 0.2) is 0 Å². The molecule has 7 atom stereocenters. The second-order valence-corrected chi connectivity index (χ2v) is 8.79. The minimum absolute atomic E-state index is 0.0742. The molecule has 0 saturated heterocycles. The van der Waals surface area contributed by atoms with E-state index in [-0.39, 0.29) is 17.6 Å². The van der Waals surface area contributed by atoms with Crippen LogP contribution in [-0.4, -0.2) is 22.4 Å². The maximum Gasteiger partial charge on any atom is 0.0596 e. The van der Waals surface area contributed by atoms with Gasteiger partial charge in [-0.2, -0.15) is 0 Å². The first kappa shape index (κ1) is 14.3. The van der Waals surface area contributed by atoms with Crippen LogP contribution in [0.25, 0.3) is 0 Å². The summed E-state index contributed by atoms with van der Waals surface area (Å²) in [7, 11) is 0. The second-order valence-electron chi connectivity index (χ2n) is 8.79. The van der Waals surface area contributed by atoms with Gasteiger partial charge in [0.2, 0.25) is 0 Å². The largest absolute Gasteiger partial charge is 0.393 e. The van der Waals surface area contributed by atoms with Crippen molar-refractivity contribution in [3.05, 3.63) is 11.6 Å². The average molecular weight is 290 g/mol. The van der Waals surface area contributed by atoms with E-state index in [1.165, 1.54) is 25.7 Å². The molecule has 0 heterocycles. The van der Waals surface area contributed by atoms with Crippen LogP contribution >= 0.6 is 0 Å². The minimum Gasteiger partial charge on any atom is -0.393 e. The summed E-state index contributed by atoms with van der Waals surface area (Å²) in [6, 6.07) is 0. The molecule has 0 aliphatic heterocycles. The van der Waals surface area contributed by atoms with Crippen molar-refractivity contribution in [2.24, 2.45) is 28.6 Å². The monoisotopic (exact) mass is 290 g/mol. The van der Waals surface area contributed by atoms with Gasteiger partial charge in [-0.25, -0.2) is 0 Å². The zero-order chi connectivity index (χ0) is 14.8. The minimum atomic E-state index is -0.108. The van der Waals surface area contributed by atoms with Crippen LogP contribution in [0.15, 0.2) is 11.6 Å². The highest BCUT2D eigenvalue weighted by Crippen LogP contribution is 2.64. The molecule has 3 fully saturated rings. The van der Waals surface area contributed by atoms with E-state index in [9.17, 15) is 10.2 Å². The van der Waals surface area contributed by atoms with E-state index in [0.717, 1.165) is 37.5 Å². The maximum atomic E-state index is 10.5. The number of allylic oxidation sites excluding steroid dienone is 1. The van der Waals surface area contributed by atoms with E-state index in [1.807, 2.05) is 0 Å². The van der Waals surface area contributed by atoms with Crippen molar-refractivity contribution in [3.63, 3.8) is 0 Å². The highest BCUT2D eigenvalue weighted by molar-refractivity contribution is 5.25. The van der Waals surface area contributed by atoms with Crippen molar-refractivity contribution in [2.75, 3.05) is 0 Å². The standard InChI is InChI=1S/C19H30O2/c1-18-9-7-13(20)11-12(18)3-4-14-15-5-6-17(21)19(15,2)10-8-16(14)18/h3,13-17,20-21H,4-11H2,1-2H3/t13-,14-,15+,16-,17-,18-,19-/m0/s1. The third kappa shape index (κ3) is 1.84. The SMILES string of the molecule is C[C@]12CC[C@H]3[C@@H](CC=C4C[C@@H](O)CC[C@@]43C)[C@H]1CC[C@@H]2O. The molecule has 0 unspecified atom stereocenters. The summed E-state index contributed by atoms with van der Waals surface area (Å²) >= 11 is 0. The molecule has 4 aliphatic rings. The van der Waals surface area contributed by atoms with Crippen molar-refractivity contribution in [3.8, 4) is 0 Å². The third-order valence-electron chi connectivity index (χ3n) is 8.03. The summed E-state index contributed by atoms with van der Waals surface area (Å²) in [4.78, 5) is 0. The Morgan fingerprint density at radius 2 is 1.81 bits per heavy atom. The summed E-state index contributed by atoms with van der Waals surface area (Å²) in [5, 5.41) is 20.5. The van der Waals surface area contributed by atoms with E-state index in [2.05, 4.69) is 19.9 Å². The molecule has 0 amide bonds. The van der Waals surface area contributed by atoms with Crippen molar-refractivity contribution < 1.29 is 10.2 Å². The van der Waals surface area contributed by atoms with Crippen LogP contribution in [0.3, 0.4) is 0 Å². The molecule has 4 rings (SSSR count). The van der Waals surface area contributed by atoms with Gasteiger partial charge in [-0.15, -0.1) is 0 Å². The van der Waals surface area contributed by atoms with Gasteiger partial charge in [0.25, 0.3) is 0 Å². The van der Waals surface area contributed by atoms with Crippen LogP contribution in [0.2, 0.25) is 0 Å². The Labute approximate surface area is 128 Å². The molecular weight excluding hydrogens is 260 g/mol. The number of aliphatic hydroxyl groups excluding tert-OH is 2. The fourth-order valence-electron chi connectivity index (χ4n) is 6.61. The van der Waals surface area contributed by atoms with Crippen molar-refractivity contribution >= 4 is 0 Å². The molecule has 0 aromatic heterocycles. The van der Waals surface area contributed by atoms with Crippen LogP contribution < -0.4 is 0 Å². The molecule has 21 heavy (non-hydrogen) atoms. The first-order chi connectivity index (χ1) is 9.95. The van der Waals surface area contributed by atoms with Gasteiger partial charge in [0.05, 0.1) is 12.2 Å². The fourth-order valence-corrected chi connectivity index (χ4v) is 6.61. The lowest BCUT2D eigenvalue weighted by Crippen LogP contribution is -2.51. The first-order valence-electron chi connectivity index (χ1n) is 9.01. The Balaban J connectivity index is 1.68. The summed E-state index contributed by atoms with van der Waals surface area (Å²) in [6.07, 6.45) is 11.2. The molecule has 0 spiro atoms. The lowest BCUT2D eigenvalue weighted by atomic mass is 9.48. The summed E-state index contributed by atoms with van der Waals surface area (Å²) < 4.78 is 0. The quantitative estimate of drug-likeness (QED) is 0.668. The number of hydrogen-bond acceptors (Lipinski definition) is 2. The molecule has 0 bridgehead atoms. The van der Waals surface area contributed by atoms with Gasteiger partial charge in [-0.05, 0) is 80.0 Å². The number of aliphatic hydroxyl groups is 2. The van der Waals surface area contributed by atoms with Crippen LogP contribution in [0.5, 0.6) is 0 Å². The van der Waals surface area contributed by atoms with Gasteiger partial charge in [-0.3, -0.25) is 0 Å². The van der Waals surface area contributed by atoms with E-state index in [4.69, 9.17) is 0 Å². The van der Waals surface area contributed by atoms with Crippen molar-refractivity contribution in [2.45, 2.75) is 77.4 Å². The molecule has 2 N–H and O–H groups in total. The molecule has 3 saturated carbocycles. The lowest BCUT2D eigenvalue weighted by molar-refractivity contribution is -0.0711. The normalized spacial score (nSPS) is 56.2. The van der Waals surface area contributed by atoms with Crippen LogP contribution in [-0.2, 0) is 0 Å². The molecule has 0 aromatic carbocycles. The van der Waals surface area contributed by atoms with Gasteiger partial charge < -0.3 is 10.2 Å². The van der Waals surface area contributed by atoms with Gasteiger partial charge in [-0.1, -0.05) is 25.5 Å². The third-order valence-corrected chi connectivity index (χ3v) is 8.03. The predicted molar refractivity (Wildman–Crippen MR) is 83.7 cm³/mol. The average Bonchev–Trinajstić information content (AvgIpc) is 2.76. The second kappa shape index (κ2) is 4.58. The van der Waals surface area contributed by atoms with Crippen molar-refractivity contribution in [1.82, 2.24) is 0 Å². The Kier molecular flexibility index (Phi) is 3.11. The Morgan fingerprint density at radius 1 is 1.00 bits per heavy atom. The summed E-state index contributed by atoms with van der Waals surface area (Å²) in [5.41, 5.74) is 2.05. The zero-order valence-electron chi connectivity index (χ0n) is 13.5. The molecule has 4 aliphatic carbocycles. The molecule has 2 heteroatoms. The van der Waals surface area contributed by atoms with Crippen LogP contribution in [0.4, 0.5) is 0 Å². The molecular formula is C19H30O2. The molecule has 0 radical (unpaired) electrons. The predicted octanol–water partition coefficient (Wildman–Crippen LogP) is 3.67. The highest BCUT2D eigenvalue weighted by Gasteiger charge is 2.58. The van der Waals surface area contributed by atoms with Crippen LogP contribution in [0, 0.1) is 28.6 Å². The smallest absolute Gasteiger partial charge is 0.0596 e. The Bertz CT molecular complexity index is 470. The van der Waals surface area contributed by atoms with Gasteiger partial charge >= 0.3 is 0 Å². The zero-order valence-corrected chi connectivity index (χ0v) is 13.5. The maximum absolute atomic E-state index is 10.5. The van der Waals surface area contributed by atoms with Gasteiger partial charge in [0.1, 0.15) is 0 Å². The van der Waals surface area contributed by atoms with Crippen LogP contribution in [0.1, 0.15) is 65.2 Å². The Hall–Kier alpha value is -0.340. The summed E-state index contributed by atoms with van der Waals surface area (Å²) in [6.45, 7) is 4.81. The highest BCUT2D eigenvalue weighted by atomic mass is 16.3. The fraction of sp³-hybridized carbons (Fsp3) is 0.895. The van der Waals surface area contributed by atoms with E-state index >= 15 is 0 Å². The van der Waals surface area contributed by atoms with E-state index in [0.29, 0.717) is 11.3 Å². The van der Waals surface area contributed by atoms with E-state index in [1.54, 1.807) is 5.57 Å². The molecule has 118 valence electrons.